The highest BCUT2D eigenvalue weighted by Crippen LogP contribution is 2.06. The molecule has 1 aliphatic heterocycles. The summed E-state index contributed by atoms with van der Waals surface area (Å²) in [4.78, 5) is 2.43. The Morgan fingerprint density at radius 1 is 1.40 bits per heavy atom. The molecule has 60 valence electrons. The first kappa shape index (κ1) is 8.02. The lowest BCUT2D eigenvalue weighted by atomic mass is 10.1. The number of hydrogen-bond acceptors (Lipinski definition) is 2. The molecule has 2 N–H and O–H groups in total. The van der Waals surface area contributed by atoms with Crippen molar-refractivity contribution < 1.29 is 0 Å². The zero-order chi connectivity index (χ0) is 7.40. The molecule has 2 nitrogen and oxygen atoms in total. The van der Waals surface area contributed by atoms with E-state index in [0.717, 1.165) is 13.1 Å². The number of nitrogens with zero attached hydrogens (tertiary/aromatic N) is 1. The van der Waals surface area contributed by atoms with Crippen molar-refractivity contribution in [2.24, 2.45) is 5.73 Å². The summed E-state index contributed by atoms with van der Waals surface area (Å²) in [6, 6.07) is 0.474. The molecular weight excluding hydrogens is 124 g/mol. The van der Waals surface area contributed by atoms with Crippen molar-refractivity contribution in [3.63, 3.8) is 0 Å². The van der Waals surface area contributed by atoms with Crippen LogP contribution in [0.5, 0.6) is 0 Å². The maximum absolute atomic E-state index is 5.63. The molecule has 1 heterocycles. The average Bonchev–Trinajstić information content (AvgIpc) is 1.85. The Balaban J connectivity index is 1.86. The predicted octanol–water partition coefficient (Wildman–Crippen LogP) is 0.820. The predicted molar refractivity (Wildman–Crippen MR) is 43.9 cm³/mol. The van der Waals surface area contributed by atoms with Crippen molar-refractivity contribution in [1.82, 2.24) is 4.90 Å². The van der Waals surface area contributed by atoms with Crippen LogP contribution in [0.2, 0.25) is 0 Å². The van der Waals surface area contributed by atoms with Gasteiger partial charge in [0.1, 0.15) is 0 Å². The summed E-state index contributed by atoms with van der Waals surface area (Å²) in [5.41, 5.74) is 5.63. The third kappa shape index (κ3) is 2.27. The molecule has 0 radical (unpaired) electrons. The van der Waals surface area contributed by atoms with Crippen molar-refractivity contribution >= 4 is 0 Å². The van der Waals surface area contributed by atoms with Crippen molar-refractivity contribution in [2.45, 2.75) is 32.2 Å². The Bertz CT molecular complexity index is 87.3. The number of likely N-dealkylation sites (tertiary alicyclic amines) is 1. The number of nitrogens with two attached hydrogens (primary N) is 1. The van der Waals surface area contributed by atoms with E-state index < -0.39 is 0 Å². The number of rotatable bonds is 4. The summed E-state index contributed by atoms with van der Waals surface area (Å²) in [7, 11) is 0. The molecule has 2 heteroatoms. The minimum Gasteiger partial charge on any atom is -0.325 e. The summed E-state index contributed by atoms with van der Waals surface area (Å²) in [6.07, 6.45) is 4.04. The molecule has 10 heavy (non-hydrogen) atoms. The highest BCUT2D eigenvalue weighted by molar-refractivity contribution is 4.81. The third-order valence-corrected chi connectivity index (χ3v) is 2.06. The van der Waals surface area contributed by atoms with Crippen LogP contribution in [0.4, 0.5) is 0 Å². The molecule has 1 fully saturated rings. The van der Waals surface area contributed by atoms with E-state index >= 15 is 0 Å². The second-order valence-electron chi connectivity index (χ2n) is 3.23. The van der Waals surface area contributed by atoms with Crippen molar-refractivity contribution in [3.05, 3.63) is 0 Å². The molecule has 0 aliphatic carbocycles. The molecule has 0 spiro atoms. The zero-order valence-corrected chi connectivity index (χ0v) is 6.84. The summed E-state index contributed by atoms with van der Waals surface area (Å²) in [6.45, 7) is 5.76. The van der Waals surface area contributed by atoms with Crippen LogP contribution in [0, 0.1) is 0 Å². The Morgan fingerprint density at radius 2 is 2.10 bits per heavy atom. The minimum atomic E-state index is 0.474. The van der Waals surface area contributed by atoms with E-state index in [9.17, 15) is 0 Å². The topological polar surface area (TPSA) is 29.3 Å². The zero-order valence-electron chi connectivity index (χ0n) is 6.84. The molecule has 1 saturated heterocycles. The van der Waals surface area contributed by atoms with E-state index in [2.05, 4.69) is 11.8 Å². The number of unbranched alkanes of at least 4 members (excludes halogenated alkanes) is 2. The molecule has 0 aromatic carbocycles. The van der Waals surface area contributed by atoms with Gasteiger partial charge in [0, 0.05) is 19.1 Å². The fourth-order valence-corrected chi connectivity index (χ4v) is 1.38. The lowest BCUT2D eigenvalue weighted by molar-refractivity contribution is 0.148. The molecule has 0 saturated carbocycles. The molecule has 0 atom stereocenters. The van der Waals surface area contributed by atoms with E-state index in [0.29, 0.717) is 6.04 Å². The Hall–Kier alpha value is -0.0800. The molecule has 1 aliphatic rings. The molecule has 0 bridgehead atoms. The normalized spacial score (nSPS) is 21.0. The second kappa shape index (κ2) is 3.94. The molecule has 0 amide bonds. The van der Waals surface area contributed by atoms with E-state index in [1.165, 1.54) is 25.8 Å². The van der Waals surface area contributed by atoms with Crippen LogP contribution in [0.1, 0.15) is 26.2 Å². The van der Waals surface area contributed by atoms with E-state index in [1.807, 2.05) is 0 Å². The standard InChI is InChI=1S/C8H18N2/c1-2-3-4-5-10-6-8(9)7-10/h8H,2-7,9H2,1H3. The van der Waals surface area contributed by atoms with Crippen LogP contribution >= 0.6 is 0 Å². The van der Waals surface area contributed by atoms with E-state index in [1.54, 1.807) is 0 Å². The average molecular weight is 142 g/mol. The SMILES string of the molecule is CCCCCN1CC(N)C1. The van der Waals surface area contributed by atoms with Crippen LogP contribution in [0.25, 0.3) is 0 Å². The fourth-order valence-electron chi connectivity index (χ4n) is 1.38. The van der Waals surface area contributed by atoms with Crippen LogP contribution in [0.3, 0.4) is 0 Å². The summed E-state index contributed by atoms with van der Waals surface area (Å²) in [5.74, 6) is 0. The lowest BCUT2D eigenvalue weighted by Crippen LogP contribution is -2.55. The van der Waals surface area contributed by atoms with Gasteiger partial charge < -0.3 is 10.6 Å². The maximum Gasteiger partial charge on any atom is 0.0297 e. The van der Waals surface area contributed by atoms with E-state index in [4.69, 9.17) is 5.73 Å². The van der Waals surface area contributed by atoms with Gasteiger partial charge in [-0.05, 0) is 13.0 Å². The van der Waals surface area contributed by atoms with Crippen LogP contribution in [0.15, 0.2) is 0 Å². The van der Waals surface area contributed by atoms with Gasteiger partial charge in [0.05, 0.1) is 0 Å². The van der Waals surface area contributed by atoms with Gasteiger partial charge in [-0.1, -0.05) is 19.8 Å². The van der Waals surface area contributed by atoms with Crippen molar-refractivity contribution in [2.75, 3.05) is 19.6 Å². The third-order valence-electron chi connectivity index (χ3n) is 2.06. The molecule has 0 unspecified atom stereocenters. The quantitative estimate of drug-likeness (QED) is 0.589. The van der Waals surface area contributed by atoms with Gasteiger partial charge in [-0.2, -0.15) is 0 Å². The fraction of sp³-hybridized carbons (Fsp3) is 1.00. The van der Waals surface area contributed by atoms with Crippen LogP contribution < -0.4 is 5.73 Å². The molecule has 1 rings (SSSR count). The lowest BCUT2D eigenvalue weighted by Gasteiger charge is -2.36. The first-order chi connectivity index (χ1) is 4.83. The first-order valence-corrected chi connectivity index (χ1v) is 4.31. The molecular formula is C8H18N2. The smallest absolute Gasteiger partial charge is 0.0297 e. The van der Waals surface area contributed by atoms with E-state index in [-0.39, 0.29) is 0 Å². The van der Waals surface area contributed by atoms with Gasteiger partial charge in [0.2, 0.25) is 0 Å². The van der Waals surface area contributed by atoms with Crippen LogP contribution in [-0.4, -0.2) is 30.6 Å². The van der Waals surface area contributed by atoms with Crippen LogP contribution in [-0.2, 0) is 0 Å². The number of hydrogen-bond donors (Lipinski definition) is 1. The highest BCUT2D eigenvalue weighted by Gasteiger charge is 2.21. The van der Waals surface area contributed by atoms with Gasteiger partial charge in [0.15, 0.2) is 0 Å². The van der Waals surface area contributed by atoms with Crippen molar-refractivity contribution in [1.29, 1.82) is 0 Å². The van der Waals surface area contributed by atoms with Gasteiger partial charge >= 0.3 is 0 Å². The summed E-state index contributed by atoms with van der Waals surface area (Å²) < 4.78 is 0. The monoisotopic (exact) mass is 142 g/mol. The summed E-state index contributed by atoms with van der Waals surface area (Å²) >= 11 is 0. The van der Waals surface area contributed by atoms with Gasteiger partial charge in [0.25, 0.3) is 0 Å². The molecule has 0 aromatic rings. The maximum atomic E-state index is 5.63. The Morgan fingerprint density at radius 3 is 2.60 bits per heavy atom. The minimum absolute atomic E-state index is 0.474. The largest absolute Gasteiger partial charge is 0.325 e. The Labute approximate surface area is 63.4 Å². The Kier molecular flexibility index (Phi) is 3.16. The highest BCUT2D eigenvalue weighted by atomic mass is 15.2. The van der Waals surface area contributed by atoms with Gasteiger partial charge in [-0.25, -0.2) is 0 Å². The second-order valence-corrected chi connectivity index (χ2v) is 3.23. The van der Waals surface area contributed by atoms with Gasteiger partial charge in [-0.15, -0.1) is 0 Å². The van der Waals surface area contributed by atoms with Gasteiger partial charge in [-0.3, -0.25) is 0 Å². The first-order valence-electron chi connectivity index (χ1n) is 4.31. The van der Waals surface area contributed by atoms with Crippen molar-refractivity contribution in [3.8, 4) is 0 Å². The summed E-state index contributed by atoms with van der Waals surface area (Å²) in [5, 5.41) is 0. The molecule has 0 aromatic heterocycles.